The summed E-state index contributed by atoms with van der Waals surface area (Å²) in [5.74, 6) is 0.394. The quantitative estimate of drug-likeness (QED) is 0.218. The molecule has 4 aromatic rings. The van der Waals surface area contributed by atoms with E-state index in [1.165, 1.54) is 12.1 Å². The minimum absolute atomic E-state index is 0.0359. The van der Waals surface area contributed by atoms with Gasteiger partial charge in [-0.2, -0.15) is 0 Å². The molecule has 43 heavy (non-hydrogen) atoms. The second-order valence-corrected chi connectivity index (χ2v) is 11.3. The summed E-state index contributed by atoms with van der Waals surface area (Å²) in [6, 6.07) is 27.8. The van der Waals surface area contributed by atoms with Crippen molar-refractivity contribution in [3.8, 4) is 17.2 Å². The van der Waals surface area contributed by atoms with Gasteiger partial charge in [0.15, 0.2) is 11.6 Å². The number of nitrogens with zero attached hydrogens (tertiary/aromatic N) is 2. The van der Waals surface area contributed by atoms with Crippen molar-refractivity contribution in [2.24, 2.45) is 0 Å². The summed E-state index contributed by atoms with van der Waals surface area (Å²) in [5.41, 5.74) is 3.62. The Morgan fingerprint density at radius 2 is 1.60 bits per heavy atom. The van der Waals surface area contributed by atoms with Crippen LogP contribution in [-0.4, -0.2) is 35.4 Å². The molecule has 4 aromatic carbocycles. The molecule has 6 rings (SSSR count). The Hall–Kier alpha value is -4.63. The third-order valence-corrected chi connectivity index (χ3v) is 8.13. The third-order valence-electron chi connectivity index (χ3n) is 7.63. The molecule has 0 fully saturated rings. The fourth-order valence-electron chi connectivity index (χ4n) is 5.49. The Bertz CT molecular complexity index is 1690. The fourth-order valence-corrected chi connectivity index (χ4v) is 5.83. The van der Waals surface area contributed by atoms with E-state index in [9.17, 15) is 14.0 Å². The Morgan fingerprint density at radius 3 is 2.35 bits per heavy atom. The molecular weight excluding hydrogens is 613 g/mol. The summed E-state index contributed by atoms with van der Waals surface area (Å²) < 4.78 is 26.7. The summed E-state index contributed by atoms with van der Waals surface area (Å²) >= 11 is 3.27. The topological polar surface area (TPSA) is 71.1 Å². The molecule has 3 amide bonds. The van der Waals surface area contributed by atoms with E-state index in [0.717, 1.165) is 16.9 Å². The average molecular weight is 643 g/mol. The van der Waals surface area contributed by atoms with Crippen LogP contribution in [0.1, 0.15) is 29.2 Å². The van der Waals surface area contributed by atoms with Crippen LogP contribution in [0.2, 0.25) is 0 Å². The first-order valence-corrected chi connectivity index (χ1v) is 14.7. The van der Waals surface area contributed by atoms with Gasteiger partial charge in [-0.15, -0.1) is 0 Å². The highest BCUT2D eigenvalue weighted by atomic mass is 79.9. The van der Waals surface area contributed by atoms with Gasteiger partial charge in [-0.3, -0.25) is 9.69 Å². The van der Waals surface area contributed by atoms with E-state index in [1.807, 2.05) is 65.6 Å². The van der Waals surface area contributed by atoms with Gasteiger partial charge in [-0.05, 0) is 47.5 Å². The molecule has 0 aromatic heterocycles. The van der Waals surface area contributed by atoms with Crippen LogP contribution >= 0.6 is 15.9 Å². The number of carbonyl (C=O) groups excluding carboxylic acids is 2. The minimum atomic E-state index is -0.796. The van der Waals surface area contributed by atoms with E-state index in [1.54, 1.807) is 36.3 Å². The Balaban J connectivity index is 1.40. The number of amides is 3. The van der Waals surface area contributed by atoms with E-state index < -0.39 is 11.9 Å². The largest absolute Gasteiger partial charge is 0.497 e. The predicted octanol–water partition coefficient (Wildman–Crippen LogP) is 7.34. The average Bonchev–Trinajstić information content (AvgIpc) is 3.02. The minimum Gasteiger partial charge on any atom is -0.497 e. The maximum atomic E-state index is 14.8. The Labute approximate surface area is 257 Å². The van der Waals surface area contributed by atoms with Gasteiger partial charge in [-0.25, -0.2) is 9.18 Å². The van der Waals surface area contributed by atoms with Gasteiger partial charge in [0.05, 0.1) is 25.3 Å². The summed E-state index contributed by atoms with van der Waals surface area (Å²) in [5, 5.41) is 3.07. The van der Waals surface area contributed by atoms with Crippen molar-refractivity contribution in [1.82, 2.24) is 15.1 Å². The van der Waals surface area contributed by atoms with Crippen LogP contribution in [0.25, 0.3) is 0 Å². The lowest BCUT2D eigenvalue weighted by Crippen LogP contribution is -2.52. The summed E-state index contributed by atoms with van der Waals surface area (Å²) in [7, 11) is 1.60. The molecule has 0 aliphatic carbocycles. The third kappa shape index (κ3) is 5.99. The van der Waals surface area contributed by atoms with Crippen LogP contribution in [0.4, 0.5) is 9.18 Å². The van der Waals surface area contributed by atoms with Crippen LogP contribution in [0.5, 0.6) is 17.2 Å². The number of urea groups is 1. The highest BCUT2D eigenvalue weighted by Crippen LogP contribution is 2.41. The normalized spacial score (nSPS) is 16.6. The first-order chi connectivity index (χ1) is 20.9. The van der Waals surface area contributed by atoms with Crippen LogP contribution in [-0.2, 0) is 17.9 Å². The molecule has 2 aliphatic rings. The molecule has 0 radical (unpaired) electrons. The highest BCUT2D eigenvalue weighted by Gasteiger charge is 2.42. The zero-order chi connectivity index (χ0) is 29.9. The molecule has 0 saturated carbocycles. The highest BCUT2D eigenvalue weighted by molar-refractivity contribution is 9.10. The predicted molar refractivity (Wildman–Crippen MR) is 164 cm³/mol. The SMILES string of the molecule is COc1ccc(CN2C(=O)NC(c3ccccc3Oc3ccc(Br)cc3F)C3=C2CCN(Cc2ccccc2)C3=O)cc1. The summed E-state index contributed by atoms with van der Waals surface area (Å²) in [4.78, 5) is 31.4. The number of rotatable bonds is 8. The molecular formula is C34H29BrFN3O4. The van der Waals surface area contributed by atoms with Crippen LogP contribution in [0.15, 0.2) is 113 Å². The van der Waals surface area contributed by atoms with E-state index in [2.05, 4.69) is 21.2 Å². The molecule has 0 bridgehead atoms. The zero-order valence-corrected chi connectivity index (χ0v) is 25.0. The van der Waals surface area contributed by atoms with E-state index in [-0.39, 0.29) is 24.2 Å². The van der Waals surface area contributed by atoms with Gasteiger partial charge < -0.3 is 19.7 Å². The van der Waals surface area contributed by atoms with E-state index in [0.29, 0.717) is 46.6 Å². The molecule has 218 valence electrons. The number of nitrogens with one attached hydrogen (secondary N) is 1. The van der Waals surface area contributed by atoms with Crippen molar-refractivity contribution < 1.29 is 23.5 Å². The molecule has 2 heterocycles. The number of halogens is 2. The number of carbonyl (C=O) groups is 2. The van der Waals surface area contributed by atoms with Crippen molar-refractivity contribution in [1.29, 1.82) is 0 Å². The molecule has 1 unspecified atom stereocenters. The molecule has 2 aliphatic heterocycles. The standard InChI is InChI=1S/C34H29BrFN3O4/c1-42-25-14-11-23(12-15-25)21-39-28-17-18-38(20-22-7-3-2-4-8-22)33(40)31(28)32(37-34(39)41)26-9-5-6-10-29(26)43-30-16-13-24(35)19-27(30)36/h2-16,19,32H,17-18,20-21H2,1H3,(H,37,41). The van der Waals surface area contributed by atoms with Gasteiger partial charge in [-0.1, -0.05) is 76.6 Å². The summed E-state index contributed by atoms with van der Waals surface area (Å²) in [6.45, 7) is 1.20. The lowest BCUT2D eigenvalue weighted by atomic mass is 9.89. The van der Waals surface area contributed by atoms with E-state index >= 15 is 0 Å². The van der Waals surface area contributed by atoms with Gasteiger partial charge in [0.1, 0.15) is 11.5 Å². The molecule has 1 N–H and O–H groups in total. The number of benzene rings is 4. The molecule has 9 heteroatoms. The van der Waals surface area contributed by atoms with Crippen molar-refractivity contribution in [3.63, 3.8) is 0 Å². The van der Waals surface area contributed by atoms with Gasteiger partial charge >= 0.3 is 6.03 Å². The number of para-hydroxylation sites is 1. The van der Waals surface area contributed by atoms with Gasteiger partial charge in [0.25, 0.3) is 5.91 Å². The number of hydrogen-bond acceptors (Lipinski definition) is 4. The second-order valence-electron chi connectivity index (χ2n) is 10.4. The van der Waals surface area contributed by atoms with Crippen molar-refractivity contribution in [2.45, 2.75) is 25.6 Å². The molecule has 7 nitrogen and oxygen atoms in total. The van der Waals surface area contributed by atoms with Crippen LogP contribution in [0, 0.1) is 5.82 Å². The maximum absolute atomic E-state index is 14.8. The second kappa shape index (κ2) is 12.3. The number of hydrogen-bond donors (Lipinski definition) is 1. The first-order valence-electron chi connectivity index (χ1n) is 13.9. The first kappa shape index (κ1) is 28.5. The molecule has 0 spiro atoms. The zero-order valence-electron chi connectivity index (χ0n) is 23.4. The smallest absolute Gasteiger partial charge is 0.322 e. The number of methoxy groups -OCH3 is 1. The fraction of sp³-hybridized carbons (Fsp3) is 0.176. The van der Waals surface area contributed by atoms with Crippen molar-refractivity contribution >= 4 is 27.9 Å². The van der Waals surface area contributed by atoms with Crippen molar-refractivity contribution in [3.05, 3.63) is 135 Å². The van der Waals surface area contributed by atoms with Gasteiger partial charge in [0.2, 0.25) is 0 Å². The lowest BCUT2D eigenvalue weighted by molar-refractivity contribution is -0.129. The maximum Gasteiger partial charge on any atom is 0.322 e. The van der Waals surface area contributed by atoms with Crippen LogP contribution in [0.3, 0.4) is 0 Å². The molecule has 1 atom stereocenters. The van der Waals surface area contributed by atoms with E-state index in [4.69, 9.17) is 9.47 Å². The van der Waals surface area contributed by atoms with Crippen molar-refractivity contribution in [2.75, 3.05) is 13.7 Å². The summed E-state index contributed by atoms with van der Waals surface area (Å²) in [6.07, 6.45) is 0.498. The lowest BCUT2D eigenvalue weighted by Gasteiger charge is -2.42. The Kier molecular flexibility index (Phi) is 8.16. The number of ether oxygens (including phenoxy) is 2. The Morgan fingerprint density at radius 1 is 0.884 bits per heavy atom. The van der Waals surface area contributed by atoms with Gasteiger partial charge in [0, 0.05) is 35.2 Å². The monoisotopic (exact) mass is 641 g/mol. The van der Waals surface area contributed by atoms with Crippen LogP contribution < -0.4 is 14.8 Å². The molecule has 0 saturated heterocycles.